The minimum atomic E-state index is -0.306. The third-order valence-corrected chi connectivity index (χ3v) is 6.21. The Morgan fingerprint density at radius 3 is 2.16 bits per heavy atom. The number of anilines is 2. The monoisotopic (exact) mass is 459 g/mol. The zero-order valence-electron chi connectivity index (χ0n) is 18.4. The lowest BCUT2D eigenvalue weighted by molar-refractivity contribution is -0.125. The summed E-state index contributed by atoms with van der Waals surface area (Å²) < 4.78 is 10.8. The van der Waals surface area contributed by atoms with Gasteiger partial charge in [0.15, 0.2) is 0 Å². The van der Waals surface area contributed by atoms with Gasteiger partial charge in [0, 0.05) is 31.0 Å². The zero-order valence-corrected chi connectivity index (χ0v) is 19.2. The van der Waals surface area contributed by atoms with E-state index in [1.54, 1.807) is 24.3 Å². The van der Waals surface area contributed by atoms with E-state index in [0.29, 0.717) is 27.8 Å². The molecule has 2 aromatic rings. The molecule has 0 bridgehead atoms. The zero-order chi connectivity index (χ0) is 22.9. The fourth-order valence-corrected chi connectivity index (χ4v) is 4.29. The number of hydrogen-bond acceptors (Lipinski definition) is 6. The smallest absolute Gasteiger partial charge is 0.265 e. The number of rotatable bonds is 9. The first-order valence-corrected chi connectivity index (χ1v) is 11.6. The summed E-state index contributed by atoms with van der Waals surface area (Å²) in [5.41, 5.74) is 0.823. The number of carbonyl (C=O) groups excluding carboxylic acids is 3. The average molecular weight is 460 g/mol. The van der Waals surface area contributed by atoms with Gasteiger partial charge in [-0.2, -0.15) is 0 Å². The van der Waals surface area contributed by atoms with Gasteiger partial charge in [-0.1, -0.05) is 25.3 Å². The SMILES string of the molecule is COc1cc(NC(=O)c2cccs2)c(OC)cc1NC(=O)CCC(=O)NC1CCCCC1. The maximum Gasteiger partial charge on any atom is 0.265 e. The highest BCUT2D eigenvalue weighted by atomic mass is 32.1. The van der Waals surface area contributed by atoms with Crippen LogP contribution >= 0.6 is 11.3 Å². The Labute approximate surface area is 191 Å². The number of nitrogens with one attached hydrogen (secondary N) is 3. The van der Waals surface area contributed by atoms with Crippen LogP contribution in [-0.2, 0) is 9.59 Å². The lowest BCUT2D eigenvalue weighted by atomic mass is 9.95. The molecule has 0 saturated heterocycles. The van der Waals surface area contributed by atoms with E-state index in [9.17, 15) is 14.4 Å². The predicted molar refractivity (Wildman–Crippen MR) is 125 cm³/mol. The fraction of sp³-hybridized carbons (Fsp3) is 0.435. The van der Waals surface area contributed by atoms with Crippen LogP contribution in [0.5, 0.6) is 11.5 Å². The van der Waals surface area contributed by atoms with E-state index in [-0.39, 0.29) is 36.6 Å². The fourth-order valence-electron chi connectivity index (χ4n) is 3.67. The summed E-state index contributed by atoms with van der Waals surface area (Å²) in [5.74, 6) is 0.0669. The van der Waals surface area contributed by atoms with Crippen molar-refractivity contribution in [3.8, 4) is 11.5 Å². The maximum absolute atomic E-state index is 12.4. The third-order valence-electron chi connectivity index (χ3n) is 5.34. The Hall–Kier alpha value is -3.07. The first kappa shape index (κ1) is 23.6. The van der Waals surface area contributed by atoms with Crippen molar-refractivity contribution in [2.24, 2.45) is 0 Å². The molecule has 0 spiro atoms. The molecule has 0 radical (unpaired) electrons. The molecule has 3 N–H and O–H groups in total. The number of ether oxygens (including phenoxy) is 2. The van der Waals surface area contributed by atoms with Crippen molar-refractivity contribution in [3.63, 3.8) is 0 Å². The second-order valence-corrected chi connectivity index (χ2v) is 8.58. The maximum atomic E-state index is 12.4. The molecule has 1 aromatic heterocycles. The molecule has 0 atom stereocenters. The third kappa shape index (κ3) is 6.46. The second kappa shape index (κ2) is 11.5. The quantitative estimate of drug-likeness (QED) is 0.522. The summed E-state index contributed by atoms with van der Waals surface area (Å²) in [5, 5.41) is 10.4. The molecular formula is C23H29N3O5S. The van der Waals surface area contributed by atoms with Gasteiger partial charge in [0.25, 0.3) is 5.91 Å². The van der Waals surface area contributed by atoms with E-state index in [2.05, 4.69) is 16.0 Å². The van der Waals surface area contributed by atoms with E-state index in [4.69, 9.17) is 9.47 Å². The van der Waals surface area contributed by atoms with Crippen molar-refractivity contribution >= 4 is 40.4 Å². The van der Waals surface area contributed by atoms with Crippen LogP contribution in [0.25, 0.3) is 0 Å². The van der Waals surface area contributed by atoms with Gasteiger partial charge in [-0.25, -0.2) is 0 Å². The highest BCUT2D eigenvalue weighted by Crippen LogP contribution is 2.37. The highest BCUT2D eigenvalue weighted by molar-refractivity contribution is 7.12. The standard InChI is InChI=1S/C23H29N3O5S/c1-30-18-14-17(26-23(29)20-9-6-12-32-20)19(31-2)13-16(18)25-22(28)11-10-21(27)24-15-7-4-3-5-8-15/h6,9,12-15H,3-5,7-8,10-11H2,1-2H3,(H,24,27)(H,25,28)(H,26,29). The van der Waals surface area contributed by atoms with Gasteiger partial charge in [0.2, 0.25) is 11.8 Å². The van der Waals surface area contributed by atoms with Gasteiger partial charge in [-0.05, 0) is 24.3 Å². The van der Waals surface area contributed by atoms with Crippen molar-refractivity contribution in [3.05, 3.63) is 34.5 Å². The van der Waals surface area contributed by atoms with Crippen LogP contribution in [0.1, 0.15) is 54.6 Å². The van der Waals surface area contributed by atoms with Crippen molar-refractivity contribution < 1.29 is 23.9 Å². The summed E-state index contributed by atoms with van der Waals surface area (Å²) >= 11 is 1.33. The van der Waals surface area contributed by atoms with Gasteiger partial charge >= 0.3 is 0 Å². The Kier molecular flexibility index (Phi) is 8.49. The lowest BCUT2D eigenvalue weighted by Crippen LogP contribution is -2.36. The van der Waals surface area contributed by atoms with Crippen molar-refractivity contribution in [2.75, 3.05) is 24.9 Å². The van der Waals surface area contributed by atoms with Crippen LogP contribution in [-0.4, -0.2) is 38.0 Å². The van der Waals surface area contributed by atoms with Crippen LogP contribution in [0, 0.1) is 0 Å². The van der Waals surface area contributed by atoms with E-state index < -0.39 is 0 Å². The molecule has 8 nitrogen and oxygen atoms in total. The Morgan fingerprint density at radius 2 is 1.56 bits per heavy atom. The van der Waals surface area contributed by atoms with Gasteiger partial charge in [0.05, 0.1) is 30.5 Å². The van der Waals surface area contributed by atoms with Crippen LogP contribution in [0.3, 0.4) is 0 Å². The van der Waals surface area contributed by atoms with Crippen molar-refractivity contribution in [2.45, 2.75) is 51.0 Å². The van der Waals surface area contributed by atoms with E-state index in [1.165, 1.54) is 32.0 Å². The Balaban J connectivity index is 1.60. The van der Waals surface area contributed by atoms with E-state index in [1.807, 2.05) is 5.38 Å². The summed E-state index contributed by atoms with van der Waals surface area (Å²) in [7, 11) is 2.95. The molecule has 3 rings (SSSR count). The molecular weight excluding hydrogens is 430 g/mol. The van der Waals surface area contributed by atoms with Gasteiger partial charge in [-0.3, -0.25) is 14.4 Å². The first-order chi connectivity index (χ1) is 15.5. The van der Waals surface area contributed by atoms with Crippen LogP contribution in [0.2, 0.25) is 0 Å². The summed E-state index contributed by atoms with van der Waals surface area (Å²) in [4.78, 5) is 37.6. The van der Waals surface area contributed by atoms with E-state index in [0.717, 1.165) is 25.7 Å². The molecule has 9 heteroatoms. The summed E-state index contributed by atoms with van der Waals surface area (Å²) in [6.07, 6.45) is 5.68. The normalized spacial score (nSPS) is 13.8. The minimum absolute atomic E-state index is 0.0564. The highest BCUT2D eigenvalue weighted by Gasteiger charge is 2.18. The molecule has 1 saturated carbocycles. The minimum Gasteiger partial charge on any atom is -0.494 e. The van der Waals surface area contributed by atoms with E-state index >= 15 is 0 Å². The molecule has 32 heavy (non-hydrogen) atoms. The predicted octanol–water partition coefficient (Wildman–Crippen LogP) is 4.19. The Bertz CT molecular complexity index is 939. The lowest BCUT2D eigenvalue weighted by Gasteiger charge is -2.22. The number of benzene rings is 1. The molecule has 3 amide bonds. The molecule has 1 aliphatic carbocycles. The van der Waals surface area contributed by atoms with Gasteiger partial charge in [-0.15, -0.1) is 11.3 Å². The van der Waals surface area contributed by atoms with Crippen molar-refractivity contribution in [1.29, 1.82) is 0 Å². The number of hydrogen-bond donors (Lipinski definition) is 3. The van der Waals surface area contributed by atoms with Gasteiger partial charge in [0.1, 0.15) is 11.5 Å². The molecule has 0 unspecified atom stereocenters. The molecule has 1 aliphatic rings. The van der Waals surface area contributed by atoms with Gasteiger partial charge < -0.3 is 25.4 Å². The molecule has 1 heterocycles. The number of amides is 3. The number of carbonyl (C=O) groups is 3. The molecule has 0 aliphatic heterocycles. The summed E-state index contributed by atoms with van der Waals surface area (Å²) in [6, 6.07) is 6.92. The first-order valence-electron chi connectivity index (χ1n) is 10.7. The Morgan fingerprint density at radius 1 is 0.938 bits per heavy atom. The molecule has 1 aromatic carbocycles. The van der Waals surface area contributed by atoms with Crippen LogP contribution < -0.4 is 25.4 Å². The molecule has 1 fully saturated rings. The largest absolute Gasteiger partial charge is 0.494 e. The van der Waals surface area contributed by atoms with Crippen LogP contribution in [0.4, 0.5) is 11.4 Å². The number of thiophene rings is 1. The topological polar surface area (TPSA) is 106 Å². The number of methoxy groups -OCH3 is 2. The van der Waals surface area contributed by atoms with Crippen molar-refractivity contribution in [1.82, 2.24) is 5.32 Å². The summed E-state index contributed by atoms with van der Waals surface area (Å²) in [6.45, 7) is 0. The van der Waals surface area contributed by atoms with Crippen LogP contribution in [0.15, 0.2) is 29.6 Å². The molecule has 172 valence electrons. The average Bonchev–Trinajstić information content (AvgIpc) is 3.34. The second-order valence-electron chi connectivity index (χ2n) is 7.63.